The van der Waals surface area contributed by atoms with Gasteiger partial charge in [-0.3, -0.25) is 0 Å². The Hall–Kier alpha value is -1.94. The van der Waals surface area contributed by atoms with E-state index < -0.39 is 8.07 Å². The fourth-order valence-corrected chi connectivity index (χ4v) is 11.8. The van der Waals surface area contributed by atoms with E-state index in [1.165, 1.54) is 21.5 Å². The molecule has 0 N–H and O–H groups in total. The Kier molecular flexibility index (Phi) is 5.81. The van der Waals surface area contributed by atoms with Crippen molar-refractivity contribution >= 4 is 24.4 Å². The number of carbonyl (C=O) groups excluding carboxylic acids is 1. The van der Waals surface area contributed by atoms with E-state index in [-0.39, 0.29) is 5.97 Å². The topological polar surface area (TPSA) is 39.2 Å². The molecule has 3 nitrogen and oxygen atoms in total. The molecule has 1 aromatic heterocycles. The highest BCUT2D eigenvalue weighted by atomic mass is 28.3. The van der Waals surface area contributed by atoms with Gasteiger partial charge in [-0.15, -0.1) is 0 Å². The van der Waals surface area contributed by atoms with Crippen LogP contribution < -0.4 is 10.4 Å². The zero-order valence-electron chi connectivity index (χ0n) is 18.3. The largest absolute Gasteiger partial charge is 0.461 e. The molecule has 0 bridgehead atoms. The molecule has 0 fully saturated rings. The minimum Gasteiger partial charge on any atom is -0.461 e. The van der Waals surface area contributed by atoms with Gasteiger partial charge in [-0.1, -0.05) is 65.3 Å². The van der Waals surface area contributed by atoms with Gasteiger partial charge in [-0.2, -0.15) is 0 Å². The first-order valence-corrected chi connectivity index (χ1v) is 12.8. The SMILES string of the molecule is CCCc1nc(C(=O)OCC)c(C)c2c1[Si](C(C)C)(C(C)C)c1ccccc1-2. The van der Waals surface area contributed by atoms with Crippen molar-refractivity contribution in [2.24, 2.45) is 0 Å². The number of esters is 1. The highest BCUT2D eigenvalue weighted by Gasteiger charge is 2.52. The molecule has 150 valence electrons. The molecule has 0 saturated carbocycles. The van der Waals surface area contributed by atoms with E-state index in [4.69, 9.17) is 9.72 Å². The van der Waals surface area contributed by atoms with Crippen LogP contribution in [0.3, 0.4) is 0 Å². The van der Waals surface area contributed by atoms with Crippen molar-refractivity contribution < 1.29 is 9.53 Å². The molecule has 3 rings (SSSR count). The minimum atomic E-state index is -2.03. The predicted octanol–water partition coefficient (Wildman–Crippen LogP) is 4.88. The molecule has 2 heterocycles. The monoisotopic (exact) mass is 395 g/mol. The fourth-order valence-electron chi connectivity index (χ4n) is 5.39. The van der Waals surface area contributed by atoms with Crippen molar-refractivity contribution in [1.82, 2.24) is 4.98 Å². The normalized spacial score (nSPS) is 14.3. The standard InChI is InChI=1S/C24H33NO2Si/c1-8-12-19-23-21(17(7)22(25-19)24(26)27-9-2)18-13-10-11-14-20(18)28(23,15(3)4)16(5)6/h10-11,13-16H,8-9,12H2,1-7H3. The highest BCUT2D eigenvalue weighted by molar-refractivity contribution is 7.07. The Morgan fingerprint density at radius 2 is 1.75 bits per heavy atom. The highest BCUT2D eigenvalue weighted by Crippen LogP contribution is 2.43. The summed E-state index contributed by atoms with van der Waals surface area (Å²) in [5.41, 5.74) is 6.30. The maximum atomic E-state index is 12.7. The van der Waals surface area contributed by atoms with Crippen LogP contribution in [-0.4, -0.2) is 25.6 Å². The molecule has 0 atom stereocenters. The number of hydrogen-bond acceptors (Lipinski definition) is 3. The Bertz CT molecular complexity index is 894. The van der Waals surface area contributed by atoms with Crippen LogP contribution in [0.2, 0.25) is 11.1 Å². The van der Waals surface area contributed by atoms with E-state index in [0.29, 0.717) is 23.4 Å². The number of hydrogen-bond donors (Lipinski definition) is 0. The van der Waals surface area contributed by atoms with Gasteiger partial charge in [0.15, 0.2) is 5.69 Å². The molecule has 28 heavy (non-hydrogen) atoms. The number of aryl methyl sites for hydroxylation is 1. The lowest BCUT2D eigenvalue weighted by Crippen LogP contribution is -2.61. The van der Waals surface area contributed by atoms with E-state index in [9.17, 15) is 4.79 Å². The van der Waals surface area contributed by atoms with E-state index >= 15 is 0 Å². The summed E-state index contributed by atoms with van der Waals surface area (Å²) >= 11 is 0. The molecule has 0 aliphatic carbocycles. The van der Waals surface area contributed by atoms with Crippen LogP contribution in [0.1, 0.15) is 69.7 Å². The minimum absolute atomic E-state index is 0.300. The number of ether oxygens (including phenoxy) is 1. The van der Waals surface area contributed by atoms with Crippen LogP contribution in [0.15, 0.2) is 24.3 Å². The Morgan fingerprint density at radius 1 is 1.11 bits per heavy atom. The quantitative estimate of drug-likeness (QED) is 0.517. The molecule has 1 aromatic carbocycles. The molecule has 0 saturated heterocycles. The van der Waals surface area contributed by atoms with E-state index in [2.05, 4.69) is 65.8 Å². The molecular formula is C24H33NO2Si. The molecular weight excluding hydrogens is 362 g/mol. The Morgan fingerprint density at radius 3 is 2.32 bits per heavy atom. The third kappa shape index (κ3) is 2.84. The third-order valence-electron chi connectivity index (χ3n) is 6.35. The second kappa shape index (κ2) is 7.82. The van der Waals surface area contributed by atoms with Crippen LogP contribution in [0.25, 0.3) is 11.1 Å². The lowest BCUT2D eigenvalue weighted by atomic mass is 9.98. The Labute approximate surface area is 170 Å². The molecule has 0 radical (unpaired) electrons. The molecule has 2 aromatic rings. The molecule has 0 amide bonds. The molecule has 0 spiro atoms. The summed E-state index contributed by atoms with van der Waals surface area (Å²) in [7, 11) is -2.03. The zero-order chi connectivity index (χ0) is 20.6. The summed E-state index contributed by atoms with van der Waals surface area (Å²) in [5.74, 6) is -0.300. The van der Waals surface area contributed by atoms with Gasteiger partial charge in [-0.25, -0.2) is 9.78 Å². The molecule has 1 aliphatic rings. The average molecular weight is 396 g/mol. The van der Waals surface area contributed by atoms with Crippen LogP contribution in [0, 0.1) is 6.92 Å². The lowest BCUT2D eigenvalue weighted by molar-refractivity contribution is 0.0518. The second-order valence-electron chi connectivity index (χ2n) is 8.48. The van der Waals surface area contributed by atoms with Crippen LogP contribution >= 0.6 is 0 Å². The van der Waals surface area contributed by atoms with Gasteiger partial charge in [0.2, 0.25) is 0 Å². The van der Waals surface area contributed by atoms with Crippen LogP contribution in [-0.2, 0) is 11.2 Å². The van der Waals surface area contributed by atoms with Crippen molar-refractivity contribution in [3.05, 3.63) is 41.2 Å². The van der Waals surface area contributed by atoms with E-state index in [1.54, 1.807) is 0 Å². The maximum Gasteiger partial charge on any atom is 0.357 e. The number of fused-ring (bicyclic) bond motifs is 3. The van der Waals surface area contributed by atoms with Gasteiger partial charge in [0.1, 0.15) is 8.07 Å². The summed E-state index contributed by atoms with van der Waals surface area (Å²) in [6, 6.07) is 8.87. The van der Waals surface area contributed by atoms with Gasteiger partial charge in [0, 0.05) is 5.69 Å². The number of nitrogens with zero attached hydrogens (tertiary/aromatic N) is 1. The molecule has 0 unspecified atom stereocenters. The Balaban J connectivity index is 2.47. The smallest absolute Gasteiger partial charge is 0.357 e. The molecule has 1 aliphatic heterocycles. The van der Waals surface area contributed by atoms with Crippen molar-refractivity contribution in [3.63, 3.8) is 0 Å². The number of aromatic nitrogens is 1. The van der Waals surface area contributed by atoms with Crippen molar-refractivity contribution in [2.45, 2.75) is 72.4 Å². The van der Waals surface area contributed by atoms with Crippen molar-refractivity contribution in [2.75, 3.05) is 6.61 Å². The zero-order valence-corrected chi connectivity index (χ0v) is 19.3. The van der Waals surface area contributed by atoms with Gasteiger partial charge >= 0.3 is 5.97 Å². The van der Waals surface area contributed by atoms with E-state index in [0.717, 1.165) is 24.1 Å². The van der Waals surface area contributed by atoms with Gasteiger partial charge in [0.25, 0.3) is 0 Å². The fraction of sp³-hybridized carbons (Fsp3) is 0.500. The maximum absolute atomic E-state index is 12.7. The number of rotatable bonds is 6. The van der Waals surface area contributed by atoms with Crippen LogP contribution in [0.5, 0.6) is 0 Å². The van der Waals surface area contributed by atoms with Crippen LogP contribution in [0.4, 0.5) is 0 Å². The van der Waals surface area contributed by atoms with Crippen molar-refractivity contribution in [3.8, 4) is 11.1 Å². The first-order valence-electron chi connectivity index (χ1n) is 10.6. The third-order valence-corrected chi connectivity index (χ3v) is 12.7. The second-order valence-corrected chi connectivity index (χ2v) is 13.6. The average Bonchev–Trinajstić information content (AvgIpc) is 2.97. The predicted molar refractivity (Wildman–Crippen MR) is 120 cm³/mol. The first kappa shape index (κ1) is 20.8. The summed E-state index contributed by atoms with van der Waals surface area (Å²) in [6.45, 7) is 16.0. The summed E-state index contributed by atoms with van der Waals surface area (Å²) in [5, 5.41) is 2.99. The lowest BCUT2D eigenvalue weighted by Gasteiger charge is -2.39. The van der Waals surface area contributed by atoms with Crippen molar-refractivity contribution in [1.29, 1.82) is 0 Å². The van der Waals surface area contributed by atoms with Gasteiger partial charge in [0.05, 0.1) is 6.61 Å². The molecule has 4 heteroatoms. The number of pyridine rings is 1. The number of carbonyl (C=O) groups is 1. The van der Waals surface area contributed by atoms with E-state index in [1.807, 2.05) is 6.92 Å². The summed E-state index contributed by atoms with van der Waals surface area (Å²) < 4.78 is 5.35. The summed E-state index contributed by atoms with van der Waals surface area (Å²) in [4.78, 5) is 17.6. The number of benzene rings is 1. The first-order chi connectivity index (χ1) is 13.3. The van der Waals surface area contributed by atoms with Gasteiger partial charge in [-0.05, 0) is 58.4 Å². The van der Waals surface area contributed by atoms with Gasteiger partial charge < -0.3 is 4.74 Å². The summed E-state index contributed by atoms with van der Waals surface area (Å²) in [6.07, 6.45) is 1.92.